The zero-order valence-corrected chi connectivity index (χ0v) is 23.8. The lowest BCUT2D eigenvalue weighted by Gasteiger charge is -2.33. The summed E-state index contributed by atoms with van der Waals surface area (Å²) in [4.78, 5) is 32.6. The van der Waals surface area contributed by atoms with E-state index in [4.69, 9.17) is 9.47 Å². The van der Waals surface area contributed by atoms with Crippen LogP contribution in [0.1, 0.15) is 36.9 Å². The van der Waals surface area contributed by atoms with Crippen LogP contribution in [0.25, 0.3) is 11.0 Å². The SMILES string of the molecule is COc1ccc(CN(Cc2ccccc2)[C@@H](C)COC(=O)N2CCC(n3c(=O)[nH]c4ccccc43)CC2)cc1.Cl. The number of imidazole rings is 1. The monoisotopic (exact) mass is 564 g/mol. The fourth-order valence-corrected chi connectivity index (χ4v) is 5.28. The third kappa shape index (κ3) is 6.87. The Balaban J connectivity index is 0.00000370. The molecule has 1 amide bonds. The van der Waals surface area contributed by atoms with E-state index < -0.39 is 0 Å². The Kier molecular flexibility index (Phi) is 9.90. The number of nitrogens with one attached hydrogen (secondary N) is 1. The Morgan fingerprint density at radius 2 is 1.57 bits per heavy atom. The van der Waals surface area contributed by atoms with E-state index in [1.165, 1.54) is 11.1 Å². The smallest absolute Gasteiger partial charge is 0.409 e. The lowest BCUT2D eigenvalue weighted by Crippen LogP contribution is -2.42. The maximum atomic E-state index is 13.0. The van der Waals surface area contributed by atoms with E-state index in [1.54, 1.807) is 12.0 Å². The second kappa shape index (κ2) is 13.5. The first-order valence-corrected chi connectivity index (χ1v) is 13.5. The fraction of sp³-hybridized carbons (Fsp3) is 0.355. The Labute approximate surface area is 240 Å². The summed E-state index contributed by atoms with van der Waals surface area (Å²) in [5.74, 6) is 0.827. The minimum absolute atomic E-state index is 0. The molecule has 1 saturated heterocycles. The summed E-state index contributed by atoms with van der Waals surface area (Å²) in [6.45, 7) is 4.98. The number of hydrogen-bond acceptors (Lipinski definition) is 5. The van der Waals surface area contributed by atoms with Crippen molar-refractivity contribution in [2.24, 2.45) is 0 Å². The van der Waals surface area contributed by atoms with Crippen molar-refractivity contribution in [3.05, 3.63) is 100 Å². The van der Waals surface area contributed by atoms with Crippen LogP contribution in [0, 0.1) is 0 Å². The minimum atomic E-state index is -0.296. The number of carbonyl (C=O) groups is 1. The van der Waals surface area contributed by atoms with E-state index >= 15 is 0 Å². The molecule has 40 heavy (non-hydrogen) atoms. The summed E-state index contributed by atoms with van der Waals surface area (Å²) in [5, 5.41) is 0. The van der Waals surface area contributed by atoms with Gasteiger partial charge in [0.25, 0.3) is 0 Å². The van der Waals surface area contributed by atoms with Gasteiger partial charge in [0.2, 0.25) is 0 Å². The zero-order valence-electron chi connectivity index (χ0n) is 23.0. The molecular weight excluding hydrogens is 528 g/mol. The number of benzene rings is 3. The van der Waals surface area contributed by atoms with Crippen LogP contribution in [-0.4, -0.2) is 58.3 Å². The first-order chi connectivity index (χ1) is 19.0. The zero-order chi connectivity index (χ0) is 27.2. The van der Waals surface area contributed by atoms with Gasteiger partial charge in [-0.3, -0.25) is 9.47 Å². The number of ether oxygens (including phenoxy) is 2. The van der Waals surface area contributed by atoms with Crippen molar-refractivity contribution in [3.63, 3.8) is 0 Å². The summed E-state index contributed by atoms with van der Waals surface area (Å²) in [6, 6.07) is 26.2. The molecule has 212 valence electrons. The Bertz CT molecular complexity index is 1430. The van der Waals surface area contributed by atoms with Gasteiger partial charge >= 0.3 is 11.8 Å². The third-order valence-corrected chi connectivity index (χ3v) is 7.56. The predicted molar refractivity (Wildman–Crippen MR) is 159 cm³/mol. The summed E-state index contributed by atoms with van der Waals surface area (Å²) < 4.78 is 12.9. The molecule has 0 bridgehead atoms. The first-order valence-electron chi connectivity index (χ1n) is 13.5. The van der Waals surface area contributed by atoms with Gasteiger partial charge in [0, 0.05) is 38.3 Å². The van der Waals surface area contributed by atoms with Crippen molar-refractivity contribution in [1.29, 1.82) is 0 Å². The van der Waals surface area contributed by atoms with Crippen molar-refractivity contribution in [3.8, 4) is 5.75 Å². The van der Waals surface area contributed by atoms with Gasteiger partial charge in [-0.05, 0) is 55.2 Å². The van der Waals surface area contributed by atoms with Crippen LogP contribution in [0.5, 0.6) is 5.75 Å². The van der Waals surface area contributed by atoms with Crippen LogP contribution in [-0.2, 0) is 17.8 Å². The maximum absolute atomic E-state index is 13.0. The molecule has 0 radical (unpaired) electrons. The topological polar surface area (TPSA) is 79.8 Å². The largest absolute Gasteiger partial charge is 0.497 e. The molecule has 9 heteroatoms. The number of likely N-dealkylation sites (tertiary alicyclic amines) is 1. The van der Waals surface area contributed by atoms with Crippen molar-refractivity contribution in [2.75, 3.05) is 26.8 Å². The molecule has 0 aliphatic carbocycles. The predicted octanol–water partition coefficient (Wildman–Crippen LogP) is 5.62. The molecule has 8 nitrogen and oxygen atoms in total. The van der Waals surface area contributed by atoms with Gasteiger partial charge < -0.3 is 19.4 Å². The number of piperidine rings is 1. The van der Waals surface area contributed by atoms with Crippen LogP contribution in [0.4, 0.5) is 4.79 Å². The standard InChI is InChI=1S/C31H36N4O4.ClH/c1-23(34(20-24-8-4-3-5-9-24)21-25-12-14-27(38-2)15-13-25)22-39-31(37)33-18-16-26(17-19-33)35-29-11-7-6-10-28(29)32-30(35)36;/h3-15,23,26H,16-22H2,1-2H3,(H,32,36);1H/t23-;/m0./s1. The van der Waals surface area contributed by atoms with E-state index in [0.717, 1.165) is 29.9 Å². The Hall–Kier alpha value is -3.75. The Morgan fingerprint density at radius 1 is 0.950 bits per heavy atom. The molecule has 2 heterocycles. The van der Waals surface area contributed by atoms with Crippen LogP contribution in [0.2, 0.25) is 0 Å². The number of halogens is 1. The van der Waals surface area contributed by atoms with Gasteiger partial charge in [-0.1, -0.05) is 54.6 Å². The molecule has 5 rings (SSSR count). The van der Waals surface area contributed by atoms with Gasteiger partial charge in [-0.2, -0.15) is 0 Å². The highest BCUT2D eigenvalue weighted by Crippen LogP contribution is 2.25. The number of amides is 1. The average molecular weight is 565 g/mol. The summed E-state index contributed by atoms with van der Waals surface area (Å²) in [7, 11) is 1.66. The summed E-state index contributed by atoms with van der Waals surface area (Å²) >= 11 is 0. The van der Waals surface area contributed by atoms with Crippen molar-refractivity contribution < 1.29 is 14.3 Å². The van der Waals surface area contributed by atoms with Gasteiger partial charge in [0.05, 0.1) is 18.1 Å². The summed E-state index contributed by atoms with van der Waals surface area (Å²) in [5.41, 5.74) is 4.03. The van der Waals surface area contributed by atoms with Gasteiger partial charge in [0.1, 0.15) is 12.4 Å². The van der Waals surface area contributed by atoms with Gasteiger partial charge in [-0.25, -0.2) is 9.59 Å². The van der Waals surface area contributed by atoms with E-state index in [2.05, 4.69) is 41.1 Å². The van der Waals surface area contributed by atoms with Crippen molar-refractivity contribution >= 4 is 29.5 Å². The van der Waals surface area contributed by atoms with Crippen LogP contribution < -0.4 is 10.4 Å². The number of aromatic nitrogens is 2. The molecule has 0 unspecified atom stereocenters. The molecule has 4 aromatic rings. The third-order valence-electron chi connectivity index (χ3n) is 7.56. The van der Waals surface area contributed by atoms with Gasteiger partial charge in [0.15, 0.2) is 0 Å². The van der Waals surface area contributed by atoms with Crippen LogP contribution in [0.15, 0.2) is 83.7 Å². The summed E-state index contributed by atoms with van der Waals surface area (Å²) in [6.07, 6.45) is 1.13. The number of para-hydroxylation sites is 2. The quantitative estimate of drug-likeness (QED) is 0.285. The van der Waals surface area contributed by atoms with E-state index in [9.17, 15) is 9.59 Å². The normalized spacial score (nSPS) is 14.6. The molecule has 1 aliphatic heterocycles. The van der Waals surface area contributed by atoms with E-state index in [-0.39, 0.29) is 36.3 Å². The van der Waals surface area contributed by atoms with E-state index in [0.29, 0.717) is 32.5 Å². The number of carbonyl (C=O) groups excluding carboxylic acids is 1. The first kappa shape index (κ1) is 29.2. The molecule has 0 saturated carbocycles. The molecular formula is C31H37ClN4O4. The molecule has 0 spiro atoms. The van der Waals surface area contributed by atoms with E-state index in [1.807, 2.05) is 59.2 Å². The maximum Gasteiger partial charge on any atom is 0.409 e. The molecule has 1 fully saturated rings. The number of aromatic amines is 1. The number of hydrogen-bond donors (Lipinski definition) is 1. The average Bonchev–Trinajstić information content (AvgIpc) is 3.32. The van der Waals surface area contributed by atoms with Crippen molar-refractivity contribution in [2.45, 2.75) is 44.9 Å². The number of rotatable bonds is 9. The number of methoxy groups -OCH3 is 1. The number of H-pyrrole nitrogens is 1. The van der Waals surface area contributed by atoms with Crippen LogP contribution in [0.3, 0.4) is 0 Å². The van der Waals surface area contributed by atoms with Crippen molar-refractivity contribution in [1.82, 2.24) is 19.4 Å². The Morgan fingerprint density at radius 3 is 2.25 bits per heavy atom. The van der Waals surface area contributed by atoms with Gasteiger partial charge in [-0.15, -0.1) is 12.4 Å². The lowest BCUT2D eigenvalue weighted by molar-refractivity contribution is 0.0567. The number of fused-ring (bicyclic) bond motifs is 1. The lowest BCUT2D eigenvalue weighted by atomic mass is 10.0. The highest BCUT2D eigenvalue weighted by molar-refractivity contribution is 5.85. The second-order valence-electron chi connectivity index (χ2n) is 10.2. The van der Waals surface area contributed by atoms with Crippen LogP contribution >= 0.6 is 12.4 Å². The fourth-order valence-electron chi connectivity index (χ4n) is 5.28. The second-order valence-corrected chi connectivity index (χ2v) is 10.2. The molecule has 1 aromatic heterocycles. The molecule has 3 aromatic carbocycles. The number of nitrogens with zero attached hydrogens (tertiary/aromatic N) is 3. The minimum Gasteiger partial charge on any atom is -0.497 e. The highest BCUT2D eigenvalue weighted by atomic mass is 35.5. The molecule has 1 N–H and O–H groups in total. The molecule has 1 aliphatic rings. The molecule has 1 atom stereocenters. The highest BCUT2D eigenvalue weighted by Gasteiger charge is 2.27.